The van der Waals surface area contributed by atoms with Crippen molar-refractivity contribution in [2.24, 2.45) is 0 Å². The molecule has 0 amide bonds. The largest absolute Gasteiger partial charge is 0.311 e. The van der Waals surface area contributed by atoms with Gasteiger partial charge in [-0.3, -0.25) is 0 Å². The van der Waals surface area contributed by atoms with Gasteiger partial charge in [-0.2, -0.15) is 0 Å². The molecule has 7 aliphatic rings. The second kappa shape index (κ2) is 13.9. The lowest BCUT2D eigenvalue weighted by atomic mass is 9.32. The predicted molar refractivity (Wildman–Crippen MR) is 310 cm³/mol. The minimum atomic E-state index is -0.288. The molecule has 0 N–H and O–H groups in total. The van der Waals surface area contributed by atoms with Crippen LogP contribution >= 0.6 is 11.3 Å². The molecule has 71 heavy (non-hydrogen) atoms. The first-order chi connectivity index (χ1) is 33.0. The van der Waals surface area contributed by atoms with E-state index >= 15 is 0 Å². The number of hydrogen-bond acceptors (Lipinski definition) is 3. The molecule has 4 aliphatic heterocycles. The van der Waals surface area contributed by atoms with Crippen LogP contribution in [0.4, 0.5) is 34.1 Å². The summed E-state index contributed by atoms with van der Waals surface area (Å²) in [5.41, 5.74) is 25.8. The van der Waals surface area contributed by atoms with Gasteiger partial charge in [-0.05, 0) is 191 Å². The number of nitrogens with zero attached hydrogens (tertiary/aromatic N) is 2. The number of anilines is 6. The summed E-state index contributed by atoms with van der Waals surface area (Å²) >= 11 is 2.02. The third-order valence-electron chi connectivity index (χ3n) is 20.2. The molecule has 0 saturated heterocycles. The van der Waals surface area contributed by atoms with E-state index in [0.29, 0.717) is 0 Å². The Balaban J connectivity index is 1.23. The molecule has 4 heteroatoms. The lowest BCUT2D eigenvalue weighted by Gasteiger charge is -2.49. The highest BCUT2D eigenvalue weighted by molar-refractivity contribution is 7.26. The lowest BCUT2D eigenvalue weighted by molar-refractivity contribution is 0.332. The fourth-order valence-corrected chi connectivity index (χ4v) is 16.4. The molecule has 0 radical (unpaired) electrons. The molecule has 0 saturated carbocycles. The maximum Gasteiger partial charge on any atom is 0.252 e. The smallest absolute Gasteiger partial charge is 0.252 e. The van der Waals surface area contributed by atoms with Gasteiger partial charge in [0.2, 0.25) is 0 Å². The van der Waals surface area contributed by atoms with E-state index < -0.39 is 0 Å². The minimum absolute atomic E-state index is 0.0141. The quantitative estimate of drug-likeness (QED) is 0.151. The molecule has 6 bridgehead atoms. The Morgan fingerprint density at radius 3 is 1.45 bits per heavy atom. The van der Waals surface area contributed by atoms with Gasteiger partial charge in [-0.25, -0.2) is 0 Å². The van der Waals surface area contributed by atoms with E-state index in [2.05, 4.69) is 212 Å². The molecule has 3 aliphatic carbocycles. The molecule has 6 aromatic carbocycles. The SMILES string of the molecule is CC(C)(C)c1ccc2c3c1sc1cc(ccc13)C(C)(C)c1cc3c4c(c1)N2c1cc2c(cc1B4c1cc4c(cc1N3c1ccc3c(c1)C(C)(C)CCC3(C)C)C(C)(C)CCC4(C)C)C(C)(C)CCC2(C)C. The Labute approximate surface area is 430 Å². The van der Waals surface area contributed by atoms with E-state index in [1.54, 1.807) is 5.56 Å². The van der Waals surface area contributed by atoms with Gasteiger partial charge in [0.1, 0.15) is 0 Å². The average Bonchev–Trinajstić information content (AvgIpc) is 3.68. The Kier molecular flexibility index (Phi) is 8.99. The van der Waals surface area contributed by atoms with E-state index in [9.17, 15) is 0 Å². The van der Waals surface area contributed by atoms with Gasteiger partial charge in [0, 0.05) is 54.0 Å². The summed E-state index contributed by atoms with van der Waals surface area (Å²) in [5.74, 6) is 0. The van der Waals surface area contributed by atoms with Gasteiger partial charge in [0.05, 0.1) is 5.69 Å². The van der Waals surface area contributed by atoms with E-state index in [-0.39, 0.29) is 50.0 Å². The van der Waals surface area contributed by atoms with Gasteiger partial charge >= 0.3 is 0 Å². The summed E-state index contributed by atoms with van der Waals surface area (Å²) in [6, 6.07) is 36.4. The van der Waals surface area contributed by atoms with Gasteiger partial charge in [-0.15, -0.1) is 11.3 Å². The monoisotopic (exact) mass is 953 g/mol. The molecule has 5 heterocycles. The molecule has 7 aromatic rings. The Morgan fingerprint density at radius 2 is 0.915 bits per heavy atom. The van der Waals surface area contributed by atoms with Gasteiger partial charge in [-0.1, -0.05) is 154 Å². The fraction of sp³-hybridized carbons (Fsp3) is 0.463. The van der Waals surface area contributed by atoms with E-state index in [1.807, 2.05) is 11.3 Å². The highest BCUT2D eigenvalue weighted by Crippen LogP contribution is 2.57. The fourth-order valence-electron chi connectivity index (χ4n) is 14.9. The van der Waals surface area contributed by atoms with Crippen LogP contribution in [-0.4, -0.2) is 6.71 Å². The Morgan fingerprint density at radius 1 is 0.437 bits per heavy atom. The molecule has 2 nitrogen and oxygen atoms in total. The Bertz CT molecular complexity index is 3520. The summed E-state index contributed by atoms with van der Waals surface area (Å²) < 4.78 is 2.81. The van der Waals surface area contributed by atoms with Gasteiger partial charge < -0.3 is 9.80 Å². The molecule has 14 rings (SSSR count). The first-order valence-electron chi connectivity index (χ1n) is 27.3. The number of rotatable bonds is 1. The van der Waals surface area contributed by atoms with Crippen molar-refractivity contribution < 1.29 is 0 Å². The van der Waals surface area contributed by atoms with Crippen LogP contribution in [0, 0.1) is 0 Å². The summed E-state index contributed by atoms with van der Waals surface area (Å²) in [4.78, 5) is 5.58. The van der Waals surface area contributed by atoms with Crippen LogP contribution < -0.4 is 26.2 Å². The van der Waals surface area contributed by atoms with Crippen LogP contribution in [-0.2, 0) is 43.3 Å². The molecular weight excluding hydrogens is 876 g/mol. The van der Waals surface area contributed by atoms with Crippen molar-refractivity contribution in [3.63, 3.8) is 0 Å². The molecule has 364 valence electrons. The molecule has 0 unspecified atom stereocenters. The van der Waals surface area contributed by atoms with Crippen LogP contribution in [0.2, 0.25) is 0 Å². The first kappa shape index (κ1) is 46.0. The highest BCUT2D eigenvalue weighted by Gasteiger charge is 2.50. The summed E-state index contributed by atoms with van der Waals surface area (Å²) in [6.07, 6.45) is 7.13. The van der Waals surface area contributed by atoms with E-state index in [1.165, 1.54) is 154 Å². The van der Waals surface area contributed by atoms with Crippen LogP contribution in [0.3, 0.4) is 0 Å². The van der Waals surface area contributed by atoms with Crippen molar-refractivity contribution in [3.05, 3.63) is 135 Å². The van der Waals surface area contributed by atoms with Crippen molar-refractivity contribution >= 4 is 88.7 Å². The van der Waals surface area contributed by atoms with Crippen molar-refractivity contribution in [1.29, 1.82) is 0 Å². The zero-order valence-electron chi connectivity index (χ0n) is 46.2. The maximum absolute atomic E-state index is 2.80. The van der Waals surface area contributed by atoms with Crippen LogP contribution in [0.5, 0.6) is 0 Å². The second-order valence-corrected chi connectivity index (χ2v) is 30.1. The molecule has 0 fully saturated rings. The van der Waals surface area contributed by atoms with Crippen molar-refractivity contribution in [3.8, 4) is 0 Å². The number of thiophene rings is 1. The molecule has 0 spiro atoms. The predicted octanol–water partition coefficient (Wildman–Crippen LogP) is 17.1. The molecule has 0 atom stereocenters. The van der Waals surface area contributed by atoms with Crippen molar-refractivity contribution in [2.45, 2.75) is 200 Å². The lowest BCUT2D eigenvalue weighted by Crippen LogP contribution is -2.62. The Hall–Kier alpha value is -4.80. The van der Waals surface area contributed by atoms with E-state index in [0.717, 1.165) is 0 Å². The zero-order chi connectivity index (χ0) is 50.3. The zero-order valence-corrected chi connectivity index (χ0v) is 47.0. The molecular formula is C67H77BN2S. The van der Waals surface area contributed by atoms with E-state index in [4.69, 9.17) is 0 Å². The van der Waals surface area contributed by atoms with Gasteiger partial charge in [0.25, 0.3) is 6.71 Å². The van der Waals surface area contributed by atoms with Crippen LogP contribution in [0.1, 0.15) is 206 Å². The van der Waals surface area contributed by atoms with Crippen molar-refractivity contribution in [2.75, 3.05) is 9.80 Å². The van der Waals surface area contributed by atoms with Crippen LogP contribution in [0.15, 0.2) is 84.9 Å². The average molecular weight is 953 g/mol. The van der Waals surface area contributed by atoms with Crippen molar-refractivity contribution in [1.82, 2.24) is 0 Å². The summed E-state index contributed by atoms with van der Waals surface area (Å²) in [6.45, 7) is 42.3. The minimum Gasteiger partial charge on any atom is -0.311 e. The molecule has 1 aromatic heterocycles. The number of fused-ring (bicyclic) bond motifs is 8. The number of benzene rings is 6. The first-order valence-corrected chi connectivity index (χ1v) is 28.2. The highest BCUT2D eigenvalue weighted by atomic mass is 32.1. The number of hydrogen-bond donors (Lipinski definition) is 0. The standard InChI is InChI=1S/C67H77BN2S/c1-60(2,3)43-22-23-51-57-41-20-18-38(32-56(41)71-59(43)57)67(16,17)39-30-54-58-55(31-39)70(51)53-37-48-46(64(10,11)27-29-66(48,14)15)35-50(53)68(58)49-34-45-47(65(12,13)28-26-63(45,8)9)36-52(49)69(54)40-19-21-42-44(33-40)62(6,7)25-24-61(42,4)5/h18-23,30-37H,24-29H2,1-17H3. The normalized spacial score (nSPS) is 21.7. The van der Waals surface area contributed by atoms with Gasteiger partial charge in [0.15, 0.2) is 0 Å². The summed E-state index contributed by atoms with van der Waals surface area (Å²) in [7, 11) is 0. The summed E-state index contributed by atoms with van der Waals surface area (Å²) in [5, 5.41) is 2.77. The second-order valence-electron chi connectivity index (χ2n) is 29.0. The topological polar surface area (TPSA) is 6.48 Å². The third-order valence-corrected chi connectivity index (χ3v) is 21.4. The third kappa shape index (κ3) is 6.19. The van der Waals surface area contributed by atoms with Crippen LogP contribution in [0.25, 0.3) is 20.2 Å². The maximum atomic E-state index is 2.80.